The molecule has 6 heteroatoms. The number of nitrogens with zero attached hydrogens (tertiary/aromatic N) is 1. The predicted molar refractivity (Wildman–Crippen MR) is 82.1 cm³/mol. The molecule has 0 fully saturated rings. The van der Waals surface area contributed by atoms with Gasteiger partial charge in [0.1, 0.15) is 4.90 Å². The van der Waals surface area contributed by atoms with Crippen LogP contribution < -0.4 is 5.32 Å². The van der Waals surface area contributed by atoms with Gasteiger partial charge in [0.2, 0.25) is 10.0 Å². The van der Waals surface area contributed by atoms with E-state index in [1.165, 1.54) is 4.31 Å². The van der Waals surface area contributed by atoms with E-state index in [4.69, 9.17) is 18.0 Å². The summed E-state index contributed by atoms with van der Waals surface area (Å²) in [5.74, 6) is 2.38. The minimum absolute atomic E-state index is 0.0444. The van der Waals surface area contributed by atoms with Crippen LogP contribution in [0.5, 0.6) is 0 Å². The van der Waals surface area contributed by atoms with Crippen molar-refractivity contribution in [2.24, 2.45) is 0 Å². The molecule has 0 amide bonds. The summed E-state index contributed by atoms with van der Waals surface area (Å²) < 4.78 is 26.5. The van der Waals surface area contributed by atoms with E-state index in [1.54, 1.807) is 25.2 Å². The van der Waals surface area contributed by atoms with Gasteiger partial charge in [-0.15, -0.1) is 6.42 Å². The minimum Gasteiger partial charge on any atom is -0.316 e. The maximum atomic E-state index is 12.6. The van der Waals surface area contributed by atoms with Crippen LogP contribution in [-0.4, -0.2) is 32.9 Å². The molecule has 0 aliphatic rings. The first-order valence-corrected chi connectivity index (χ1v) is 8.15. The van der Waals surface area contributed by atoms with Crippen molar-refractivity contribution in [2.45, 2.75) is 24.8 Å². The molecule has 1 N–H and O–H groups in total. The quantitative estimate of drug-likeness (QED) is 0.784. The zero-order valence-corrected chi connectivity index (χ0v) is 13.3. The largest absolute Gasteiger partial charge is 0.316 e. The number of nitrogens with one attached hydrogen (secondary N) is 1. The Morgan fingerprint density at radius 3 is 2.70 bits per heavy atom. The van der Waals surface area contributed by atoms with Crippen molar-refractivity contribution in [1.82, 2.24) is 9.62 Å². The van der Waals surface area contributed by atoms with E-state index in [0.717, 1.165) is 5.56 Å². The fraction of sp³-hybridized carbons (Fsp3) is 0.429. The average molecular weight is 315 g/mol. The third-order valence-corrected chi connectivity index (χ3v) is 5.06. The van der Waals surface area contributed by atoms with Gasteiger partial charge in [0.25, 0.3) is 0 Å². The molecular weight excluding hydrogens is 296 g/mol. The van der Waals surface area contributed by atoms with Crippen molar-refractivity contribution in [2.75, 3.05) is 20.1 Å². The fourth-order valence-electron chi connectivity index (χ4n) is 1.83. The number of halogens is 1. The first kappa shape index (κ1) is 17.0. The molecule has 1 aromatic carbocycles. The highest BCUT2D eigenvalue weighted by Gasteiger charge is 2.25. The summed E-state index contributed by atoms with van der Waals surface area (Å²) in [6.07, 6.45) is 5.94. The molecule has 0 saturated carbocycles. The van der Waals surface area contributed by atoms with E-state index < -0.39 is 10.0 Å². The van der Waals surface area contributed by atoms with Crippen LogP contribution in [0.25, 0.3) is 0 Å². The van der Waals surface area contributed by atoms with Crippen molar-refractivity contribution < 1.29 is 8.42 Å². The van der Waals surface area contributed by atoms with Crippen LogP contribution in [0.2, 0.25) is 5.02 Å². The molecule has 0 radical (unpaired) electrons. The van der Waals surface area contributed by atoms with Crippen molar-refractivity contribution in [3.05, 3.63) is 28.8 Å². The van der Waals surface area contributed by atoms with Gasteiger partial charge in [0, 0.05) is 13.1 Å². The third-order valence-electron chi connectivity index (χ3n) is 2.73. The third kappa shape index (κ3) is 3.97. The van der Waals surface area contributed by atoms with Gasteiger partial charge in [-0.05, 0) is 31.2 Å². The molecule has 1 rings (SSSR count). The highest BCUT2D eigenvalue weighted by Crippen LogP contribution is 2.26. The lowest BCUT2D eigenvalue weighted by Crippen LogP contribution is -2.32. The lowest BCUT2D eigenvalue weighted by Gasteiger charge is -2.20. The van der Waals surface area contributed by atoms with Crippen LogP contribution in [0, 0.1) is 12.3 Å². The molecule has 1 aromatic rings. The molecule has 0 heterocycles. The second kappa shape index (κ2) is 7.65. The smallest absolute Gasteiger partial charge is 0.245 e. The Bertz CT molecular complexity index is 594. The van der Waals surface area contributed by atoms with Crippen LogP contribution >= 0.6 is 11.6 Å². The van der Waals surface area contributed by atoms with Crippen molar-refractivity contribution in [3.8, 4) is 12.3 Å². The molecule has 0 bridgehead atoms. The standard InChI is InChI=1S/C14H19ClN2O2S/c1-4-8-17(9-5-2)20(18,19)14-10-12(11-16-3)6-7-13(14)15/h1,6-7,10,16H,5,8-9,11H2,2-3H3. The predicted octanol–water partition coefficient (Wildman–Crippen LogP) is 2.09. The Balaban J connectivity index is 3.25. The van der Waals surface area contributed by atoms with Crippen molar-refractivity contribution in [3.63, 3.8) is 0 Å². The van der Waals surface area contributed by atoms with Crippen molar-refractivity contribution >= 4 is 21.6 Å². The van der Waals surface area contributed by atoms with Gasteiger partial charge in [-0.1, -0.05) is 30.5 Å². The topological polar surface area (TPSA) is 49.4 Å². The fourth-order valence-corrected chi connectivity index (χ4v) is 3.80. The lowest BCUT2D eigenvalue weighted by molar-refractivity contribution is 0.445. The Hall–Kier alpha value is -1.06. The molecule has 0 unspecified atom stereocenters. The molecule has 0 atom stereocenters. The van der Waals surface area contributed by atoms with Crippen LogP contribution in [0.3, 0.4) is 0 Å². The van der Waals surface area contributed by atoms with E-state index in [0.29, 0.717) is 19.5 Å². The Labute approximate surface area is 126 Å². The highest BCUT2D eigenvalue weighted by molar-refractivity contribution is 7.89. The maximum Gasteiger partial charge on any atom is 0.245 e. The molecule has 0 spiro atoms. The van der Waals surface area contributed by atoms with Gasteiger partial charge in [0.15, 0.2) is 0 Å². The minimum atomic E-state index is -3.67. The van der Waals surface area contributed by atoms with Crippen molar-refractivity contribution in [1.29, 1.82) is 0 Å². The zero-order chi connectivity index (χ0) is 15.2. The summed E-state index contributed by atoms with van der Waals surface area (Å²) in [6.45, 7) is 2.89. The van der Waals surface area contributed by atoms with Crippen LogP contribution in [-0.2, 0) is 16.6 Å². The molecule has 20 heavy (non-hydrogen) atoms. The first-order chi connectivity index (χ1) is 9.47. The molecule has 0 aromatic heterocycles. The summed E-state index contributed by atoms with van der Waals surface area (Å²) in [5, 5.41) is 3.19. The number of hydrogen-bond donors (Lipinski definition) is 1. The number of benzene rings is 1. The summed E-state index contributed by atoms with van der Waals surface area (Å²) in [5.41, 5.74) is 0.854. The SMILES string of the molecule is C#CCN(CCC)S(=O)(=O)c1cc(CNC)ccc1Cl. The molecule has 110 valence electrons. The van der Waals surface area contributed by atoms with E-state index in [1.807, 2.05) is 6.92 Å². The van der Waals surface area contributed by atoms with E-state index in [-0.39, 0.29) is 16.5 Å². The molecular formula is C14H19ClN2O2S. The Morgan fingerprint density at radius 2 is 2.15 bits per heavy atom. The van der Waals surface area contributed by atoms with Gasteiger partial charge >= 0.3 is 0 Å². The second-order valence-electron chi connectivity index (χ2n) is 4.34. The van der Waals surface area contributed by atoms with Gasteiger partial charge in [-0.25, -0.2) is 8.42 Å². The van der Waals surface area contributed by atoms with E-state index in [2.05, 4.69) is 11.2 Å². The molecule has 0 aliphatic carbocycles. The molecule has 0 saturated heterocycles. The second-order valence-corrected chi connectivity index (χ2v) is 6.65. The normalized spacial score (nSPS) is 11.6. The number of hydrogen-bond acceptors (Lipinski definition) is 3. The molecule has 4 nitrogen and oxygen atoms in total. The first-order valence-electron chi connectivity index (χ1n) is 6.34. The zero-order valence-electron chi connectivity index (χ0n) is 11.7. The van der Waals surface area contributed by atoms with Gasteiger partial charge in [-0.2, -0.15) is 4.31 Å². The Morgan fingerprint density at radius 1 is 1.45 bits per heavy atom. The number of rotatable bonds is 7. The van der Waals surface area contributed by atoms with Crippen LogP contribution in [0.1, 0.15) is 18.9 Å². The number of sulfonamides is 1. The van der Waals surface area contributed by atoms with Gasteiger partial charge < -0.3 is 5.32 Å². The maximum absolute atomic E-state index is 12.6. The lowest BCUT2D eigenvalue weighted by atomic mass is 10.2. The van der Waals surface area contributed by atoms with Gasteiger partial charge in [0.05, 0.1) is 11.6 Å². The Kier molecular flexibility index (Phi) is 6.50. The van der Waals surface area contributed by atoms with E-state index >= 15 is 0 Å². The summed E-state index contributed by atoms with van der Waals surface area (Å²) in [4.78, 5) is 0.107. The van der Waals surface area contributed by atoms with Crippen LogP contribution in [0.15, 0.2) is 23.1 Å². The number of terminal acetylenes is 1. The van der Waals surface area contributed by atoms with Crippen LogP contribution in [0.4, 0.5) is 0 Å². The summed E-state index contributed by atoms with van der Waals surface area (Å²) >= 11 is 6.05. The summed E-state index contributed by atoms with van der Waals surface area (Å²) in [6, 6.07) is 4.98. The summed E-state index contributed by atoms with van der Waals surface area (Å²) in [7, 11) is -1.87. The van der Waals surface area contributed by atoms with Gasteiger partial charge in [-0.3, -0.25) is 0 Å². The monoisotopic (exact) mass is 314 g/mol. The average Bonchev–Trinajstić information content (AvgIpc) is 2.41. The highest BCUT2D eigenvalue weighted by atomic mass is 35.5. The van der Waals surface area contributed by atoms with E-state index in [9.17, 15) is 8.42 Å². The molecule has 0 aliphatic heterocycles.